The summed E-state index contributed by atoms with van der Waals surface area (Å²) < 4.78 is 49.6. The van der Waals surface area contributed by atoms with E-state index in [2.05, 4.69) is 4.74 Å². The number of halogens is 3. The van der Waals surface area contributed by atoms with E-state index < -0.39 is 6.36 Å². The first kappa shape index (κ1) is 12.2. The number of epoxide rings is 1. The topological polar surface area (TPSA) is 31.0 Å². The molecule has 1 atom stereocenters. The summed E-state index contributed by atoms with van der Waals surface area (Å²) in [5.74, 6) is -0.230. The third kappa shape index (κ3) is 4.62. The van der Waals surface area contributed by atoms with Gasteiger partial charge in [-0.05, 0) is 17.7 Å². The molecule has 6 heteroatoms. The Bertz CT molecular complexity index is 357. The fourth-order valence-corrected chi connectivity index (χ4v) is 1.26. The molecule has 0 spiro atoms. The lowest BCUT2D eigenvalue weighted by atomic mass is 10.2. The number of rotatable bonds is 5. The highest BCUT2D eigenvalue weighted by atomic mass is 19.4. The Morgan fingerprint density at radius 2 is 1.88 bits per heavy atom. The Kier molecular flexibility index (Phi) is 3.54. The lowest BCUT2D eigenvalue weighted by molar-refractivity contribution is -0.274. The predicted molar refractivity (Wildman–Crippen MR) is 52.5 cm³/mol. The fourth-order valence-electron chi connectivity index (χ4n) is 1.26. The van der Waals surface area contributed by atoms with Crippen molar-refractivity contribution in [3.63, 3.8) is 0 Å². The van der Waals surface area contributed by atoms with E-state index in [-0.39, 0.29) is 11.9 Å². The van der Waals surface area contributed by atoms with Crippen molar-refractivity contribution >= 4 is 0 Å². The zero-order valence-electron chi connectivity index (χ0n) is 8.87. The molecule has 17 heavy (non-hydrogen) atoms. The molecule has 0 aromatic heterocycles. The van der Waals surface area contributed by atoms with Crippen LogP contribution in [0.25, 0.3) is 0 Å². The quantitative estimate of drug-likeness (QED) is 0.750. The van der Waals surface area contributed by atoms with E-state index >= 15 is 0 Å². The van der Waals surface area contributed by atoms with Crippen LogP contribution in [0.1, 0.15) is 5.56 Å². The Labute approximate surface area is 96.1 Å². The Morgan fingerprint density at radius 1 is 1.24 bits per heavy atom. The molecule has 1 aliphatic rings. The minimum atomic E-state index is -4.65. The molecule has 1 aromatic rings. The number of hydrogen-bond donors (Lipinski definition) is 0. The van der Waals surface area contributed by atoms with Crippen LogP contribution >= 0.6 is 0 Å². The Morgan fingerprint density at radius 3 is 2.41 bits per heavy atom. The fraction of sp³-hybridized carbons (Fsp3) is 0.455. The molecule has 1 heterocycles. The van der Waals surface area contributed by atoms with Crippen molar-refractivity contribution in [2.75, 3.05) is 13.2 Å². The maximum Gasteiger partial charge on any atom is 0.573 e. The molecule has 1 aliphatic heterocycles. The molecule has 0 amide bonds. The summed E-state index contributed by atoms with van der Waals surface area (Å²) >= 11 is 0. The molecule has 94 valence electrons. The van der Waals surface area contributed by atoms with Crippen molar-refractivity contribution in [3.8, 4) is 5.75 Å². The van der Waals surface area contributed by atoms with Crippen LogP contribution < -0.4 is 4.74 Å². The third-order valence-corrected chi connectivity index (χ3v) is 2.13. The van der Waals surface area contributed by atoms with Crippen molar-refractivity contribution < 1.29 is 27.4 Å². The molecule has 1 saturated heterocycles. The molecule has 0 aliphatic carbocycles. The summed E-state index contributed by atoms with van der Waals surface area (Å²) in [6, 6.07) is 5.60. The lowest BCUT2D eigenvalue weighted by Crippen LogP contribution is -2.17. The van der Waals surface area contributed by atoms with Gasteiger partial charge in [-0.1, -0.05) is 12.1 Å². The zero-order chi connectivity index (χ0) is 12.3. The molecule has 0 saturated carbocycles. The van der Waals surface area contributed by atoms with E-state index in [1.54, 1.807) is 0 Å². The maximum atomic E-state index is 11.9. The van der Waals surface area contributed by atoms with Crippen LogP contribution in [-0.2, 0) is 16.1 Å². The van der Waals surface area contributed by atoms with Crippen LogP contribution in [0.3, 0.4) is 0 Å². The number of benzene rings is 1. The molecule has 1 aromatic carbocycles. The smallest absolute Gasteiger partial charge is 0.406 e. The highest BCUT2D eigenvalue weighted by Crippen LogP contribution is 2.23. The molecule has 0 bridgehead atoms. The molecule has 2 rings (SSSR count). The number of alkyl halides is 3. The first-order chi connectivity index (χ1) is 8.03. The van der Waals surface area contributed by atoms with Crippen LogP contribution in [0.15, 0.2) is 24.3 Å². The average molecular weight is 248 g/mol. The van der Waals surface area contributed by atoms with Gasteiger partial charge in [0.2, 0.25) is 0 Å². The van der Waals surface area contributed by atoms with Crippen molar-refractivity contribution in [1.29, 1.82) is 0 Å². The van der Waals surface area contributed by atoms with Crippen LogP contribution in [-0.4, -0.2) is 25.7 Å². The predicted octanol–water partition coefficient (Wildman–Crippen LogP) is 2.50. The van der Waals surface area contributed by atoms with E-state index in [0.29, 0.717) is 13.2 Å². The van der Waals surface area contributed by atoms with Gasteiger partial charge in [-0.3, -0.25) is 0 Å². The van der Waals surface area contributed by atoms with Gasteiger partial charge in [0, 0.05) is 0 Å². The van der Waals surface area contributed by atoms with Crippen molar-refractivity contribution in [3.05, 3.63) is 29.8 Å². The first-order valence-electron chi connectivity index (χ1n) is 5.07. The second-order valence-corrected chi connectivity index (χ2v) is 3.66. The lowest BCUT2D eigenvalue weighted by Gasteiger charge is -2.09. The monoisotopic (exact) mass is 248 g/mol. The summed E-state index contributed by atoms with van der Waals surface area (Å²) in [7, 11) is 0. The maximum absolute atomic E-state index is 11.9. The van der Waals surface area contributed by atoms with Gasteiger partial charge >= 0.3 is 6.36 Å². The van der Waals surface area contributed by atoms with E-state index in [9.17, 15) is 13.2 Å². The number of ether oxygens (including phenoxy) is 3. The molecular weight excluding hydrogens is 237 g/mol. The largest absolute Gasteiger partial charge is 0.573 e. The van der Waals surface area contributed by atoms with Gasteiger partial charge in [0.1, 0.15) is 11.9 Å². The zero-order valence-corrected chi connectivity index (χ0v) is 8.87. The first-order valence-corrected chi connectivity index (χ1v) is 5.07. The van der Waals surface area contributed by atoms with Crippen molar-refractivity contribution in [2.45, 2.75) is 19.1 Å². The molecule has 3 nitrogen and oxygen atoms in total. The average Bonchev–Trinajstić information content (AvgIpc) is 3.02. The van der Waals surface area contributed by atoms with Crippen molar-refractivity contribution in [2.24, 2.45) is 0 Å². The normalized spacial score (nSPS) is 19.1. The van der Waals surface area contributed by atoms with E-state index in [4.69, 9.17) is 9.47 Å². The Hall–Kier alpha value is -1.27. The summed E-state index contributed by atoms with van der Waals surface area (Å²) in [5.41, 5.74) is 0.792. The van der Waals surface area contributed by atoms with Gasteiger partial charge < -0.3 is 14.2 Å². The molecule has 1 fully saturated rings. The summed E-state index contributed by atoms with van der Waals surface area (Å²) in [6.07, 6.45) is -4.47. The summed E-state index contributed by atoms with van der Waals surface area (Å²) in [5, 5.41) is 0. The second kappa shape index (κ2) is 4.93. The van der Waals surface area contributed by atoms with Gasteiger partial charge in [0.25, 0.3) is 0 Å². The highest BCUT2D eigenvalue weighted by Gasteiger charge is 2.30. The summed E-state index contributed by atoms with van der Waals surface area (Å²) in [4.78, 5) is 0. The van der Waals surface area contributed by atoms with Gasteiger partial charge in [0.15, 0.2) is 0 Å². The minimum absolute atomic E-state index is 0.183. The minimum Gasteiger partial charge on any atom is -0.406 e. The SMILES string of the molecule is FC(F)(F)Oc1ccc(COC[C@H]2CO2)cc1. The van der Waals surface area contributed by atoms with E-state index in [0.717, 1.165) is 12.2 Å². The Balaban J connectivity index is 1.79. The standard InChI is InChI=1S/C11H11F3O3/c12-11(13,14)17-9-3-1-8(2-4-9)5-15-6-10-7-16-10/h1-4,10H,5-7H2/t10-/m0/s1. The number of hydrogen-bond acceptors (Lipinski definition) is 3. The van der Waals surface area contributed by atoms with Gasteiger partial charge in [0.05, 0.1) is 19.8 Å². The molecule has 0 unspecified atom stereocenters. The van der Waals surface area contributed by atoms with Gasteiger partial charge in [-0.15, -0.1) is 13.2 Å². The van der Waals surface area contributed by atoms with Crippen LogP contribution in [0.5, 0.6) is 5.75 Å². The van der Waals surface area contributed by atoms with E-state index in [1.165, 1.54) is 24.3 Å². The highest BCUT2D eigenvalue weighted by molar-refractivity contribution is 5.27. The van der Waals surface area contributed by atoms with Crippen LogP contribution in [0.4, 0.5) is 13.2 Å². The third-order valence-electron chi connectivity index (χ3n) is 2.13. The molecular formula is C11H11F3O3. The second-order valence-electron chi connectivity index (χ2n) is 3.66. The van der Waals surface area contributed by atoms with Crippen LogP contribution in [0, 0.1) is 0 Å². The van der Waals surface area contributed by atoms with Gasteiger partial charge in [-0.25, -0.2) is 0 Å². The van der Waals surface area contributed by atoms with E-state index in [1.807, 2.05) is 0 Å². The van der Waals surface area contributed by atoms with Crippen LogP contribution in [0.2, 0.25) is 0 Å². The summed E-state index contributed by atoms with van der Waals surface area (Å²) in [6.45, 7) is 1.59. The molecule has 0 radical (unpaired) electrons. The van der Waals surface area contributed by atoms with Crippen molar-refractivity contribution in [1.82, 2.24) is 0 Å². The molecule has 0 N–H and O–H groups in total. The van der Waals surface area contributed by atoms with Gasteiger partial charge in [-0.2, -0.15) is 0 Å².